The predicted octanol–water partition coefficient (Wildman–Crippen LogP) is 8.30. The smallest absolute Gasteiger partial charge is 0.127 e. The summed E-state index contributed by atoms with van der Waals surface area (Å²) in [6, 6.07) is 32.3. The minimum absolute atomic E-state index is 0.446. The molecule has 4 aromatic rings. The van der Waals surface area contributed by atoms with Crippen molar-refractivity contribution in [2.45, 2.75) is 0 Å². The van der Waals surface area contributed by atoms with Crippen LogP contribution < -0.4 is 9.47 Å². The van der Waals surface area contributed by atoms with Gasteiger partial charge in [0, 0.05) is 43.5 Å². The van der Waals surface area contributed by atoms with E-state index in [1.165, 1.54) is 0 Å². The molecule has 2 heterocycles. The third-order valence-electron chi connectivity index (χ3n) is 6.26. The van der Waals surface area contributed by atoms with Crippen molar-refractivity contribution in [2.24, 2.45) is 0 Å². The first kappa shape index (κ1) is 21.1. The normalized spacial score (nSPS) is 14.8. The van der Waals surface area contributed by atoms with E-state index < -0.39 is 0 Å². The average Bonchev–Trinajstić information content (AvgIpc) is 2.87. The van der Waals surface area contributed by atoms with E-state index in [4.69, 9.17) is 32.7 Å². The van der Waals surface area contributed by atoms with Crippen LogP contribution in [0, 0.1) is 0 Å². The molecule has 0 bridgehead atoms. The monoisotopic (exact) mass is 482 g/mol. The Kier molecular flexibility index (Phi) is 5.41. The Balaban J connectivity index is 1.73. The molecular weight excluding hydrogens is 463 g/mol. The van der Waals surface area contributed by atoms with Crippen molar-refractivity contribution in [3.8, 4) is 11.5 Å². The number of hydrogen-bond acceptors (Lipinski definition) is 2. The van der Waals surface area contributed by atoms with Crippen molar-refractivity contribution in [1.29, 1.82) is 0 Å². The molecule has 0 saturated carbocycles. The summed E-state index contributed by atoms with van der Waals surface area (Å²) in [5.41, 5.74) is 8.63. The van der Waals surface area contributed by atoms with Gasteiger partial charge in [-0.2, -0.15) is 0 Å². The van der Waals surface area contributed by atoms with E-state index in [9.17, 15) is 0 Å². The zero-order valence-corrected chi connectivity index (χ0v) is 19.7. The second-order valence-corrected chi connectivity index (χ2v) is 9.17. The summed E-state index contributed by atoms with van der Waals surface area (Å²) in [6.07, 6.45) is 0. The number of para-hydroxylation sites is 2. The fourth-order valence-corrected chi connectivity index (χ4v) is 5.13. The van der Waals surface area contributed by atoms with E-state index in [0.717, 1.165) is 56.0 Å². The third kappa shape index (κ3) is 3.69. The van der Waals surface area contributed by atoms with Gasteiger partial charge in [0.15, 0.2) is 0 Å². The summed E-state index contributed by atoms with van der Waals surface area (Å²) in [4.78, 5) is 0. The molecule has 2 aliphatic heterocycles. The van der Waals surface area contributed by atoms with Crippen molar-refractivity contribution in [3.63, 3.8) is 0 Å². The number of rotatable bonds is 3. The molecule has 0 unspecified atom stereocenters. The Labute approximate surface area is 208 Å². The number of halogens is 2. The molecule has 0 amide bonds. The number of allylic oxidation sites excluding steroid dienone is 2. The summed E-state index contributed by atoms with van der Waals surface area (Å²) < 4.78 is 12.4. The van der Waals surface area contributed by atoms with Crippen molar-refractivity contribution in [3.05, 3.63) is 129 Å². The van der Waals surface area contributed by atoms with Crippen LogP contribution in [0.3, 0.4) is 0 Å². The Bertz CT molecular complexity index is 1370. The summed E-state index contributed by atoms with van der Waals surface area (Å²) in [6.45, 7) is 0.893. The van der Waals surface area contributed by atoms with Crippen LogP contribution in [-0.4, -0.2) is 13.2 Å². The van der Waals surface area contributed by atoms with Crippen LogP contribution >= 0.6 is 23.2 Å². The maximum Gasteiger partial charge on any atom is 0.127 e. The van der Waals surface area contributed by atoms with Crippen LogP contribution in [0.1, 0.15) is 22.3 Å². The van der Waals surface area contributed by atoms with Gasteiger partial charge < -0.3 is 9.47 Å². The lowest BCUT2D eigenvalue weighted by Gasteiger charge is -2.31. The molecule has 0 aromatic heterocycles. The second-order valence-electron chi connectivity index (χ2n) is 8.30. The molecule has 6 rings (SSSR count). The van der Waals surface area contributed by atoms with Gasteiger partial charge in [0.25, 0.3) is 0 Å². The molecule has 34 heavy (non-hydrogen) atoms. The van der Waals surface area contributed by atoms with Crippen LogP contribution in [0.2, 0.25) is 10.0 Å². The third-order valence-corrected chi connectivity index (χ3v) is 6.73. The standard InChI is InChI=1S/C30H20Cl2O2/c31-21-9-5-7-19(15-21)25-17-33-27-13-3-1-11-23(27)29(25)30-24-12-2-4-14-28(24)34-18-26(30)20-8-6-10-22(32)16-20/h1-16H,17-18H2. The molecule has 0 radical (unpaired) electrons. The highest BCUT2D eigenvalue weighted by Crippen LogP contribution is 2.50. The zero-order chi connectivity index (χ0) is 23.1. The van der Waals surface area contributed by atoms with Crippen LogP contribution in [0.25, 0.3) is 22.3 Å². The molecule has 0 spiro atoms. The maximum absolute atomic E-state index is 6.41. The molecule has 0 N–H and O–H groups in total. The van der Waals surface area contributed by atoms with E-state index in [1.54, 1.807) is 0 Å². The van der Waals surface area contributed by atoms with Crippen molar-refractivity contribution in [1.82, 2.24) is 0 Å². The van der Waals surface area contributed by atoms with Crippen LogP contribution in [0.5, 0.6) is 11.5 Å². The lowest BCUT2D eigenvalue weighted by atomic mass is 9.80. The molecule has 0 atom stereocenters. The molecule has 0 saturated heterocycles. The largest absolute Gasteiger partial charge is 0.488 e. The Morgan fingerprint density at radius 3 is 1.38 bits per heavy atom. The molecular formula is C30H20Cl2O2. The highest BCUT2D eigenvalue weighted by Gasteiger charge is 2.31. The molecule has 166 valence electrons. The minimum atomic E-state index is 0.446. The summed E-state index contributed by atoms with van der Waals surface area (Å²) in [5, 5.41) is 1.39. The summed E-state index contributed by atoms with van der Waals surface area (Å²) in [5.74, 6) is 1.73. The fraction of sp³-hybridized carbons (Fsp3) is 0.0667. The quantitative estimate of drug-likeness (QED) is 0.292. The van der Waals surface area contributed by atoms with Crippen molar-refractivity contribution in [2.75, 3.05) is 13.2 Å². The lowest BCUT2D eigenvalue weighted by molar-refractivity contribution is 0.362. The average molecular weight is 483 g/mol. The highest BCUT2D eigenvalue weighted by atomic mass is 35.5. The first-order chi connectivity index (χ1) is 16.7. The second kappa shape index (κ2) is 8.72. The van der Waals surface area contributed by atoms with E-state index >= 15 is 0 Å². The molecule has 4 heteroatoms. The summed E-state index contributed by atoms with van der Waals surface area (Å²) >= 11 is 12.8. The Morgan fingerprint density at radius 1 is 0.500 bits per heavy atom. The maximum atomic E-state index is 6.41. The van der Waals surface area contributed by atoms with Gasteiger partial charge in [-0.15, -0.1) is 0 Å². The van der Waals surface area contributed by atoms with E-state index in [0.29, 0.717) is 23.3 Å². The minimum Gasteiger partial charge on any atom is -0.488 e. The van der Waals surface area contributed by atoms with Gasteiger partial charge in [0.05, 0.1) is 0 Å². The fourth-order valence-electron chi connectivity index (χ4n) is 4.75. The molecule has 4 aromatic carbocycles. The number of hydrogen-bond donors (Lipinski definition) is 0. The van der Waals surface area contributed by atoms with Crippen molar-refractivity contribution < 1.29 is 9.47 Å². The SMILES string of the molecule is Clc1cccc(C2=C(C3=C(c4cccc(Cl)c4)COc4ccccc43)c3ccccc3OC2)c1. The van der Waals surface area contributed by atoms with Crippen LogP contribution in [-0.2, 0) is 0 Å². The summed E-state index contributed by atoms with van der Waals surface area (Å²) in [7, 11) is 0. The highest BCUT2D eigenvalue weighted by molar-refractivity contribution is 6.31. The van der Waals surface area contributed by atoms with Gasteiger partial charge >= 0.3 is 0 Å². The molecule has 0 fully saturated rings. The lowest BCUT2D eigenvalue weighted by Crippen LogP contribution is -2.16. The van der Waals surface area contributed by atoms with Gasteiger partial charge in [-0.1, -0.05) is 83.9 Å². The molecule has 0 aliphatic carbocycles. The number of ether oxygens (including phenoxy) is 2. The molecule has 2 aliphatic rings. The first-order valence-corrected chi connectivity index (χ1v) is 11.9. The predicted molar refractivity (Wildman–Crippen MR) is 140 cm³/mol. The Morgan fingerprint density at radius 2 is 0.941 bits per heavy atom. The van der Waals surface area contributed by atoms with Crippen molar-refractivity contribution >= 4 is 45.5 Å². The first-order valence-electron chi connectivity index (χ1n) is 11.1. The topological polar surface area (TPSA) is 18.5 Å². The van der Waals surface area contributed by atoms with Gasteiger partial charge in [0.2, 0.25) is 0 Å². The van der Waals surface area contributed by atoms with Gasteiger partial charge in [0.1, 0.15) is 24.7 Å². The zero-order valence-electron chi connectivity index (χ0n) is 18.2. The van der Waals surface area contributed by atoms with Gasteiger partial charge in [-0.05, 0) is 47.5 Å². The number of benzene rings is 4. The van der Waals surface area contributed by atoms with E-state index in [2.05, 4.69) is 24.3 Å². The van der Waals surface area contributed by atoms with E-state index in [-0.39, 0.29) is 0 Å². The van der Waals surface area contributed by atoms with E-state index in [1.807, 2.05) is 72.8 Å². The Hall–Kier alpha value is -3.46. The number of fused-ring (bicyclic) bond motifs is 2. The van der Waals surface area contributed by atoms with Crippen LogP contribution in [0.4, 0.5) is 0 Å². The van der Waals surface area contributed by atoms with Gasteiger partial charge in [-0.25, -0.2) is 0 Å². The molecule has 2 nitrogen and oxygen atoms in total. The van der Waals surface area contributed by atoms with Crippen LogP contribution in [0.15, 0.2) is 97.1 Å². The van der Waals surface area contributed by atoms with Gasteiger partial charge in [-0.3, -0.25) is 0 Å².